The number of oxime groups is 1. The van der Waals surface area contributed by atoms with Crippen molar-refractivity contribution in [2.45, 2.75) is 13.3 Å². The van der Waals surface area contributed by atoms with Gasteiger partial charge in [-0.2, -0.15) is 0 Å². The summed E-state index contributed by atoms with van der Waals surface area (Å²) in [5.41, 5.74) is 3.86. The minimum absolute atomic E-state index is 0.0795. The van der Waals surface area contributed by atoms with Crippen LogP contribution in [-0.4, -0.2) is 43.6 Å². The van der Waals surface area contributed by atoms with Gasteiger partial charge < -0.3 is 23.9 Å². The predicted octanol–water partition coefficient (Wildman–Crippen LogP) is 6.91. The van der Waals surface area contributed by atoms with Gasteiger partial charge in [0.1, 0.15) is 11.5 Å². The molecule has 1 aliphatic heterocycles. The molecule has 0 bridgehead atoms. The van der Waals surface area contributed by atoms with Crippen molar-refractivity contribution >= 4 is 41.0 Å². The van der Waals surface area contributed by atoms with Gasteiger partial charge >= 0.3 is 12.0 Å². The highest BCUT2D eigenvalue weighted by molar-refractivity contribution is 6.11. The van der Waals surface area contributed by atoms with E-state index in [0.717, 1.165) is 34.1 Å². The van der Waals surface area contributed by atoms with Crippen molar-refractivity contribution in [2.75, 3.05) is 25.7 Å². The van der Waals surface area contributed by atoms with Crippen LogP contribution in [0.15, 0.2) is 114 Å². The number of hydrogen-bond donors (Lipinski definition) is 0. The van der Waals surface area contributed by atoms with E-state index < -0.39 is 5.97 Å². The molecule has 0 spiro atoms. The lowest BCUT2D eigenvalue weighted by atomic mass is 10.1. The summed E-state index contributed by atoms with van der Waals surface area (Å²) in [6.45, 7) is 2.29. The van der Waals surface area contributed by atoms with E-state index in [1.807, 2.05) is 79.7 Å². The van der Waals surface area contributed by atoms with Crippen LogP contribution in [0.1, 0.15) is 29.3 Å². The molecule has 1 aliphatic rings. The van der Waals surface area contributed by atoms with Crippen molar-refractivity contribution in [3.8, 4) is 11.5 Å². The van der Waals surface area contributed by atoms with Crippen LogP contribution >= 0.6 is 0 Å². The second kappa shape index (κ2) is 13.4. The summed E-state index contributed by atoms with van der Waals surface area (Å²) in [6.07, 6.45) is 2.30. The zero-order valence-electron chi connectivity index (χ0n) is 24.1. The minimum atomic E-state index is -0.646. The van der Waals surface area contributed by atoms with Crippen molar-refractivity contribution in [1.82, 2.24) is 4.90 Å². The van der Waals surface area contributed by atoms with Crippen LogP contribution in [0.5, 0.6) is 11.5 Å². The molecule has 4 aromatic rings. The average Bonchev–Trinajstić information content (AvgIpc) is 3.35. The fraction of sp³-hybridized carbons (Fsp3) is 0.147. The molecule has 1 amide bonds. The number of carbonyl (C=O) groups excluding carboxylic acids is 2. The van der Waals surface area contributed by atoms with Crippen molar-refractivity contribution in [3.05, 3.63) is 120 Å². The van der Waals surface area contributed by atoms with Crippen LogP contribution in [0.3, 0.4) is 0 Å². The molecule has 4 aromatic carbocycles. The van der Waals surface area contributed by atoms with Crippen molar-refractivity contribution in [3.63, 3.8) is 0 Å². The molecule has 43 heavy (non-hydrogen) atoms. The van der Waals surface area contributed by atoms with Crippen LogP contribution in [-0.2, 0) is 14.4 Å². The number of ether oxygens (including phenoxy) is 3. The van der Waals surface area contributed by atoms with E-state index in [1.165, 1.54) is 4.90 Å². The Bertz CT molecular complexity index is 1570. The predicted molar refractivity (Wildman–Crippen MR) is 165 cm³/mol. The molecule has 0 saturated carbocycles. The van der Waals surface area contributed by atoms with Gasteiger partial charge in [-0.3, -0.25) is 9.69 Å². The maximum atomic E-state index is 13.2. The SMILES string of the molecule is CCCN1C(=O)/C(=C\c2ccc(N(c3ccc(OC)cc3)c3ccc(OC)cc3)cc2)OC1=NOC(=O)c1ccccc1. The lowest BCUT2D eigenvalue weighted by Crippen LogP contribution is -2.31. The minimum Gasteiger partial charge on any atom is -0.497 e. The summed E-state index contributed by atoms with van der Waals surface area (Å²) in [7, 11) is 3.27. The average molecular weight is 578 g/mol. The molecular formula is C34H31N3O6. The number of methoxy groups -OCH3 is 2. The Kier molecular flexibility index (Phi) is 9.02. The normalized spacial score (nSPS) is 14.5. The molecular weight excluding hydrogens is 546 g/mol. The highest BCUT2D eigenvalue weighted by Gasteiger charge is 2.35. The van der Waals surface area contributed by atoms with Crippen molar-refractivity contribution in [2.24, 2.45) is 5.16 Å². The maximum absolute atomic E-state index is 13.2. The summed E-state index contributed by atoms with van der Waals surface area (Å²) >= 11 is 0. The van der Waals surface area contributed by atoms with Crippen LogP contribution in [0, 0.1) is 0 Å². The van der Waals surface area contributed by atoms with Gasteiger partial charge in [-0.05, 0) is 96.0 Å². The first-order chi connectivity index (χ1) is 21.0. The third kappa shape index (κ3) is 6.68. The van der Waals surface area contributed by atoms with Crippen molar-refractivity contribution in [1.29, 1.82) is 0 Å². The van der Waals surface area contributed by atoms with Gasteiger partial charge in [0.15, 0.2) is 5.76 Å². The number of amidine groups is 1. The van der Waals surface area contributed by atoms with E-state index in [2.05, 4.69) is 10.1 Å². The third-order valence-electron chi connectivity index (χ3n) is 6.66. The van der Waals surface area contributed by atoms with Gasteiger partial charge in [0.05, 0.1) is 19.8 Å². The van der Waals surface area contributed by atoms with Crippen LogP contribution in [0.4, 0.5) is 17.1 Å². The Hall–Kier alpha value is -5.57. The maximum Gasteiger partial charge on any atom is 0.365 e. The molecule has 218 valence electrons. The molecule has 9 nitrogen and oxygen atoms in total. The Morgan fingerprint density at radius 2 is 1.35 bits per heavy atom. The second-order valence-corrected chi connectivity index (χ2v) is 9.51. The van der Waals surface area contributed by atoms with E-state index in [4.69, 9.17) is 19.0 Å². The third-order valence-corrected chi connectivity index (χ3v) is 6.66. The van der Waals surface area contributed by atoms with E-state index >= 15 is 0 Å². The van der Waals surface area contributed by atoms with E-state index in [0.29, 0.717) is 18.5 Å². The van der Waals surface area contributed by atoms with E-state index in [9.17, 15) is 9.59 Å². The molecule has 0 N–H and O–H groups in total. The topological polar surface area (TPSA) is 89.9 Å². The highest BCUT2D eigenvalue weighted by atomic mass is 16.7. The fourth-order valence-electron chi connectivity index (χ4n) is 4.49. The zero-order chi connectivity index (χ0) is 30.2. The molecule has 1 heterocycles. The summed E-state index contributed by atoms with van der Waals surface area (Å²) in [5, 5.41) is 3.86. The first-order valence-electron chi connectivity index (χ1n) is 13.7. The number of carbonyl (C=O) groups is 2. The summed E-state index contributed by atoms with van der Waals surface area (Å²) < 4.78 is 16.4. The van der Waals surface area contributed by atoms with Gasteiger partial charge in [-0.1, -0.05) is 37.3 Å². The van der Waals surface area contributed by atoms with Crippen LogP contribution in [0.2, 0.25) is 0 Å². The molecule has 0 unspecified atom stereocenters. The largest absolute Gasteiger partial charge is 0.497 e. The molecule has 0 radical (unpaired) electrons. The van der Waals surface area contributed by atoms with E-state index in [-0.39, 0.29) is 17.7 Å². The molecule has 5 rings (SSSR count). The van der Waals surface area contributed by atoms with Crippen LogP contribution in [0.25, 0.3) is 6.08 Å². The smallest absolute Gasteiger partial charge is 0.365 e. The Balaban J connectivity index is 1.40. The molecule has 0 aromatic heterocycles. The highest BCUT2D eigenvalue weighted by Crippen LogP contribution is 2.36. The first-order valence-corrected chi connectivity index (χ1v) is 13.7. The Morgan fingerprint density at radius 1 is 0.814 bits per heavy atom. The van der Waals surface area contributed by atoms with Gasteiger partial charge in [0, 0.05) is 23.6 Å². The second-order valence-electron chi connectivity index (χ2n) is 9.51. The van der Waals surface area contributed by atoms with Gasteiger partial charge in [-0.15, -0.1) is 0 Å². The standard InChI is InChI=1S/C34H31N3O6/c1-4-22-36-32(38)31(42-34(36)35-43-33(39)25-8-6-5-7-9-25)23-24-10-12-26(13-11-24)37(27-14-18-29(40-2)19-15-27)28-16-20-30(41-3)21-17-28/h5-21,23H,4,22H2,1-3H3/b31-23+,35-34?. The van der Waals surface area contributed by atoms with E-state index in [1.54, 1.807) is 50.6 Å². The summed E-state index contributed by atoms with van der Waals surface area (Å²) in [5.74, 6) is 0.594. The number of nitrogens with zero attached hydrogens (tertiary/aromatic N) is 3. The lowest BCUT2D eigenvalue weighted by molar-refractivity contribution is -0.123. The first kappa shape index (κ1) is 28.9. The Labute approximate surface area is 250 Å². The Morgan fingerprint density at radius 3 is 1.86 bits per heavy atom. The molecule has 0 atom stereocenters. The number of rotatable bonds is 10. The van der Waals surface area contributed by atoms with Gasteiger partial charge in [0.2, 0.25) is 0 Å². The lowest BCUT2D eigenvalue weighted by Gasteiger charge is -2.26. The summed E-state index contributed by atoms with van der Waals surface area (Å²) in [6, 6.07) is 31.7. The molecule has 1 fully saturated rings. The van der Waals surface area contributed by atoms with Crippen molar-refractivity contribution < 1.29 is 28.6 Å². The molecule has 0 aliphatic carbocycles. The number of amides is 1. The zero-order valence-corrected chi connectivity index (χ0v) is 24.1. The number of anilines is 3. The fourth-order valence-corrected chi connectivity index (χ4v) is 4.49. The van der Waals surface area contributed by atoms with Gasteiger partial charge in [0.25, 0.3) is 5.91 Å². The summed E-state index contributed by atoms with van der Waals surface area (Å²) in [4.78, 5) is 34.0. The van der Waals surface area contributed by atoms with Crippen LogP contribution < -0.4 is 14.4 Å². The monoisotopic (exact) mass is 577 g/mol. The molecule has 9 heteroatoms. The van der Waals surface area contributed by atoms with Gasteiger partial charge in [-0.25, -0.2) is 4.79 Å². The molecule has 1 saturated heterocycles. The quantitative estimate of drug-likeness (QED) is 0.115. The number of benzene rings is 4. The number of hydrogen-bond acceptors (Lipinski definition) is 8.